The van der Waals surface area contributed by atoms with Gasteiger partial charge in [0.05, 0.1) is 5.60 Å². The largest absolute Gasteiger partial charge is 0.390 e. The molecule has 2 aliphatic rings. The van der Waals surface area contributed by atoms with Gasteiger partial charge in [0, 0.05) is 26.2 Å². The van der Waals surface area contributed by atoms with E-state index in [4.69, 9.17) is 0 Å². The minimum Gasteiger partial charge on any atom is -0.390 e. The predicted octanol–water partition coefficient (Wildman–Crippen LogP) is 6.52. The zero-order valence-corrected chi connectivity index (χ0v) is 22.1. The molecule has 0 amide bonds. The summed E-state index contributed by atoms with van der Waals surface area (Å²) in [6.45, 7) is 5.60. The Labute approximate surface area is 214 Å². The van der Waals surface area contributed by atoms with Crippen molar-refractivity contribution in [3.8, 4) is 0 Å². The SMILES string of the molecule is CN(CC1CCCCC1)C[C@H](CCN1CCC(O)(CCCc2ccccc2)CC1)c1ccccc1. The minimum absolute atomic E-state index is 0.468. The van der Waals surface area contributed by atoms with E-state index in [1.165, 1.54) is 56.2 Å². The van der Waals surface area contributed by atoms with Crippen LogP contribution in [0.2, 0.25) is 0 Å². The summed E-state index contributed by atoms with van der Waals surface area (Å²) in [5, 5.41) is 11.2. The lowest BCUT2D eigenvalue weighted by Gasteiger charge is -2.39. The van der Waals surface area contributed by atoms with Gasteiger partial charge in [-0.1, -0.05) is 79.9 Å². The summed E-state index contributed by atoms with van der Waals surface area (Å²) < 4.78 is 0. The van der Waals surface area contributed by atoms with Gasteiger partial charge in [0.25, 0.3) is 0 Å². The number of hydrogen-bond acceptors (Lipinski definition) is 3. The average molecular weight is 477 g/mol. The molecular weight excluding hydrogens is 428 g/mol. The van der Waals surface area contributed by atoms with Crippen molar-refractivity contribution < 1.29 is 5.11 Å². The normalized spacial score (nSPS) is 20.2. The van der Waals surface area contributed by atoms with Crippen molar-refractivity contribution in [2.45, 2.75) is 82.1 Å². The van der Waals surface area contributed by atoms with Gasteiger partial charge >= 0.3 is 0 Å². The quantitative estimate of drug-likeness (QED) is 0.378. The molecule has 2 aromatic carbocycles. The Morgan fingerprint density at radius 1 is 0.943 bits per heavy atom. The van der Waals surface area contributed by atoms with Crippen molar-refractivity contribution in [1.29, 1.82) is 0 Å². The van der Waals surface area contributed by atoms with Crippen molar-refractivity contribution in [3.05, 3.63) is 71.8 Å². The van der Waals surface area contributed by atoms with Gasteiger partial charge in [-0.05, 0) is 87.9 Å². The third kappa shape index (κ3) is 8.74. The van der Waals surface area contributed by atoms with Crippen LogP contribution in [0.15, 0.2) is 60.7 Å². The maximum atomic E-state index is 11.2. The van der Waals surface area contributed by atoms with E-state index < -0.39 is 5.60 Å². The number of aryl methyl sites for hydroxylation is 1. The summed E-state index contributed by atoms with van der Waals surface area (Å²) >= 11 is 0. The highest BCUT2D eigenvalue weighted by Crippen LogP contribution is 2.30. The topological polar surface area (TPSA) is 26.7 Å². The van der Waals surface area contributed by atoms with Crippen molar-refractivity contribution in [3.63, 3.8) is 0 Å². The van der Waals surface area contributed by atoms with E-state index in [2.05, 4.69) is 77.5 Å². The maximum absolute atomic E-state index is 11.2. The Bertz CT molecular complexity index is 825. The summed E-state index contributed by atoms with van der Waals surface area (Å²) in [6, 6.07) is 21.9. The molecule has 0 bridgehead atoms. The molecule has 0 aromatic heterocycles. The molecule has 2 fully saturated rings. The third-order valence-corrected chi connectivity index (χ3v) is 8.63. The molecule has 1 atom stereocenters. The van der Waals surface area contributed by atoms with Crippen LogP contribution in [0.3, 0.4) is 0 Å². The molecule has 35 heavy (non-hydrogen) atoms. The van der Waals surface area contributed by atoms with Gasteiger partial charge in [-0.15, -0.1) is 0 Å². The summed E-state index contributed by atoms with van der Waals surface area (Å²) in [4.78, 5) is 5.21. The third-order valence-electron chi connectivity index (χ3n) is 8.63. The van der Waals surface area contributed by atoms with E-state index in [1.54, 1.807) is 0 Å². The molecule has 4 rings (SSSR count). The number of nitrogens with zero attached hydrogens (tertiary/aromatic N) is 2. The summed E-state index contributed by atoms with van der Waals surface area (Å²) in [7, 11) is 2.33. The zero-order chi connectivity index (χ0) is 24.3. The molecule has 1 saturated heterocycles. The molecule has 0 spiro atoms. The van der Waals surface area contributed by atoms with E-state index >= 15 is 0 Å². The van der Waals surface area contributed by atoms with Crippen LogP contribution in [-0.4, -0.2) is 60.3 Å². The monoisotopic (exact) mass is 476 g/mol. The molecule has 192 valence electrons. The molecule has 0 radical (unpaired) electrons. The molecule has 1 aliphatic heterocycles. The lowest BCUT2D eigenvalue weighted by molar-refractivity contribution is -0.0293. The fourth-order valence-electron chi connectivity index (χ4n) is 6.40. The molecule has 1 saturated carbocycles. The molecule has 2 aromatic rings. The summed E-state index contributed by atoms with van der Waals surface area (Å²) in [6.07, 6.45) is 13.2. The van der Waals surface area contributed by atoms with Gasteiger partial charge in [-0.2, -0.15) is 0 Å². The number of piperidine rings is 1. The van der Waals surface area contributed by atoms with E-state index in [-0.39, 0.29) is 0 Å². The van der Waals surface area contributed by atoms with Crippen LogP contribution in [0.4, 0.5) is 0 Å². The van der Waals surface area contributed by atoms with Gasteiger partial charge in [0.1, 0.15) is 0 Å². The van der Waals surface area contributed by atoms with Crippen molar-refractivity contribution in [2.24, 2.45) is 5.92 Å². The Morgan fingerprint density at radius 2 is 1.60 bits per heavy atom. The fourth-order valence-corrected chi connectivity index (χ4v) is 6.40. The van der Waals surface area contributed by atoms with Gasteiger partial charge in [0.15, 0.2) is 0 Å². The Kier molecular flexibility index (Phi) is 10.2. The van der Waals surface area contributed by atoms with Crippen LogP contribution in [0.5, 0.6) is 0 Å². The molecule has 3 heteroatoms. The first-order chi connectivity index (χ1) is 17.1. The number of hydrogen-bond donors (Lipinski definition) is 1. The fraction of sp³-hybridized carbons (Fsp3) is 0.625. The molecule has 3 nitrogen and oxygen atoms in total. The second-order valence-corrected chi connectivity index (χ2v) is 11.5. The van der Waals surface area contributed by atoms with Crippen LogP contribution in [0.1, 0.15) is 81.3 Å². The van der Waals surface area contributed by atoms with Gasteiger partial charge in [-0.25, -0.2) is 0 Å². The van der Waals surface area contributed by atoms with Crippen LogP contribution >= 0.6 is 0 Å². The number of likely N-dealkylation sites (N-methyl/N-ethyl adjacent to an activating group) is 1. The van der Waals surface area contributed by atoms with Crippen LogP contribution in [0, 0.1) is 5.92 Å². The standard InChI is InChI=1S/C32H48N2O/c1-33(26-29-14-7-3-8-15-29)27-31(30-17-9-4-10-18-30)19-23-34-24-21-32(35,22-25-34)20-11-16-28-12-5-2-6-13-28/h2,4-6,9-10,12-13,17-18,29,31,35H,3,7-8,11,14-16,19-27H2,1H3/t31-/m0/s1. The predicted molar refractivity (Wildman–Crippen MR) is 148 cm³/mol. The van der Waals surface area contributed by atoms with E-state index in [1.807, 2.05) is 0 Å². The van der Waals surface area contributed by atoms with Crippen LogP contribution in [0.25, 0.3) is 0 Å². The molecular formula is C32H48N2O. The minimum atomic E-state index is -0.468. The lowest BCUT2D eigenvalue weighted by atomic mass is 9.85. The van der Waals surface area contributed by atoms with E-state index in [9.17, 15) is 5.11 Å². The van der Waals surface area contributed by atoms with E-state index in [0.29, 0.717) is 5.92 Å². The summed E-state index contributed by atoms with van der Waals surface area (Å²) in [5.41, 5.74) is 2.40. The highest BCUT2D eigenvalue weighted by atomic mass is 16.3. The number of benzene rings is 2. The van der Waals surface area contributed by atoms with Crippen molar-refractivity contribution >= 4 is 0 Å². The summed E-state index contributed by atoms with van der Waals surface area (Å²) in [5.74, 6) is 1.48. The second kappa shape index (κ2) is 13.6. The Balaban J connectivity index is 1.22. The Morgan fingerprint density at radius 3 is 2.29 bits per heavy atom. The average Bonchev–Trinajstić information content (AvgIpc) is 2.89. The zero-order valence-electron chi connectivity index (χ0n) is 22.1. The van der Waals surface area contributed by atoms with Crippen molar-refractivity contribution in [1.82, 2.24) is 9.80 Å². The molecule has 1 N–H and O–H groups in total. The van der Waals surface area contributed by atoms with E-state index in [0.717, 1.165) is 64.2 Å². The van der Waals surface area contributed by atoms with Crippen molar-refractivity contribution in [2.75, 3.05) is 39.8 Å². The van der Waals surface area contributed by atoms with Gasteiger partial charge in [-0.3, -0.25) is 0 Å². The Hall–Kier alpha value is -1.68. The number of aliphatic hydroxyl groups is 1. The van der Waals surface area contributed by atoms with Crippen LogP contribution < -0.4 is 0 Å². The van der Waals surface area contributed by atoms with Gasteiger partial charge in [0.2, 0.25) is 0 Å². The first-order valence-corrected chi connectivity index (χ1v) is 14.3. The first kappa shape index (κ1) is 26.4. The smallest absolute Gasteiger partial charge is 0.0672 e. The highest BCUT2D eigenvalue weighted by molar-refractivity contribution is 5.20. The number of rotatable bonds is 12. The highest BCUT2D eigenvalue weighted by Gasteiger charge is 2.32. The molecule has 1 aliphatic carbocycles. The first-order valence-electron chi connectivity index (χ1n) is 14.3. The van der Waals surface area contributed by atoms with Gasteiger partial charge < -0.3 is 14.9 Å². The van der Waals surface area contributed by atoms with Crippen LogP contribution in [-0.2, 0) is 6.42 Å². The maximum Gasteiger partial charge on any atom is 0.0672 e. The molecule has 1 heterocycles. The molecule has 0 unspecified atom stereocenters. The number of likely N-dealkylation sites (tertiary alicyclic amines) is 1. The lowest BCUT2D eigenvalue weighted by Crippen LogP contribution is -2.45. The second-order valence-electron chi connectivity index (χ2n) is 11.5.